The van der Waals surface area contributed by atoms with E-state index in [1.54, 1.807) is 32.9 Å². The highest BCUT2D eigenvalue weighted by atomic mass is 16.3. The minimum absolute atomic E-state index is 0.250. The van der Waals surface area contributed by atoms with Gasteiger partial charge in [0.15, 0.2) is 0 Å². The number of phenolic OH excluding ortho intramolecular Hbond substituents is 2. The van der Waals surface area contributed by atoms with Gasteiger partial charge in [-0.25, -0.2) is 0 Å². The van der Waals surface area contributed by atoms with E-state index in [2.05, 4.69) is 5.18 Å². The van der Waals surface area contributed by atoms with Gasteiger partial charge in [0.05, 0.1) is 0 Å². The highest BCUT2D eigenvalue weighted by Gasteiger charge is 2.08. The monoisotopic (exact) mass is 316 g/mol. The standard InChI is InChI=1S/C9H11NO2.C9H13NO/c1-5-4-8(10-12)6(2)7(3)9(5)11;1-5-4-8(10)6(2)7(3)9(5)11/h4,11H,1-3H3;4,11H,10H2,1-3H3. The summed E-state index contributed by atoms with van der Waals surface area (Å²) < 4.78 is 0. The summed E-state index contributed by atoms with van der Waals surface area (Å²) in [4.78, 5) is 10.3. The summed E-state index contributed by atoms with van der Waals surface area (Å²) in [5, 5.41) is 21.8. The molecule has 0 atom stereocenters. The number of nitrogens with two attached hydrogens (primary N) is 1. The maximum absolute atomic E-state index is 10.3. The Labute approximate surface area is 136 Å². The molecule has 0 bridgehead atoms. The lowest BCUT2D eigenvalue weighted by Gasteiger charge is -2.08. The van der Waals surface area contributed by atoms with Gasteiger partial charge in [-0.3, -0.25) is 0 Å². The molecule has 124 valence electrons. The van der Waals surface area contributed by atoms with Crippen molar-refractivity contribution in [2.75, 3.05) is 5.73 Å². The maximum atomic E-state index is 10.3. The van der Waals surface area contributed by atoms with Crippen LogP contribution in [0.25, 0.3) is 0 Å². The number of nitrogens with zero attached hydrogens (tertiary/aromatic N) is 1. The van der Waals surface area contributed by atoms with Crippen molar-refractivity contribution in [3.05, 3.63) is 50.4 Å². The molecule has 0 aromatic heterocycles. The molecule has 0 radical (unpaired) electrons. The van der Waals surface area contributed by atoms with Gasteiger partial charge in [0.2, 0.25) is 0 Å². The Kier molecular flexibility index (Phi) is 5.73. The number of hydrogen-bond donors (Lipinski definition) is 3. The number of aromatic hydroxyl groups is 2. The van der Waals surface area contributed by atoms with Crippen LogP contribution in [0.2, 0.25) is 0 Å². The van der Waals surface area contributed by atoms with Crippen LogP contribution in [0.15, 0.2) is 17.3 Å². The highest BCUT2D eigenvalue weighted by molar-refractivity contribution is 5.58. The molecule has 0 fully saturated rings. The second-order valence-corrected chi connectivity index (χ2v) is 5.78. The van der Waals surface area contributed by atoms with Crippen LogP contribution in [-0.4, -0.2) is 10.2 Å². The van der Waals surface area contributed by atoms with Crippen molar-refractivity contribution in [2.45, 2.75) is 41.5 Å². The third-order valence-electron chi connectivity index (χ3n) is 4.22. The van der Waals surface area contributed by atoms with E-state index in [4.69, 9.17) is 5.73 Å². The fraction of sp³-hybridized carbons (Fsp3) is 0.333. The Morgan fingerprint density at radius 3 is 1.70 bits per heavy atom. The van der Waals surface area contributed by atoms with Gasteiger partial charge in [0.1, 0.15) is 17.2 Å². The van der Waals surface area contributed by atoms with Crippen LogP contribution in [0, 0.1) is 46.4 Å². The van der Waals surface area contributed by atoms with Crippen LogP contribution in [0.4, 0.5) is 11.4 Å². The van der Waals surface area contributed by atoms with Gasteiger partial charge in [-0.1, -0.05) is 0 Å². The van der Waals surface area contributed by atoms with Crippen molar-refractivity contribution >= 4 is 11.4 Å². The fourth-order valence-electron chi connectivity index (χ4n) is 2.24. The number of aryl methyl sites for hydroxylation is 2. The number of anilines is 1. The molecule has 5 nitrogen and oxygen atoms in total. The van der Waals surface area contributed by atoms with Gasteiger partial charge in [0, 0.05) is 5.69 Å². The van der Waals surface area contributed by atoms with E-state index in [0.29, 0.717) is 17.0 Å². The van der Waals surface area contributed by atoms with Gasteiger partial charge in [0.25, 0.3) is 0 Å². The molecular weight excluding hydrogens is 292 g/mol. The second-order valence-electron chi connectivity index (χ2n) is 5.78. The second kappa shape index (κ2) is 7.13. The number of nitroso groups, excluding NO2 is 1. The number of nitrogen functional groups attached to an aromatic ring is 1. The van der Waals surface area contributed by atoms with Gasteiger partial charge in [-0.05, 0) is 92.2 Å². The molecule has 0 amide bonds. The molecule has 4 N–H and O–H groups in total. The van der Waals surface area contributed by atoms with E-state index in [0.717, 1.165) is 33.5 Å². The Morgan fingerprint density at radius 2 is 1.22 bits per heavy atom. The quantitative estimate of drug-likeness (QED) is 0.406. The van der Waals surface area contributed by atoms with Gasteiger partial charge >= 0.3 is 0 Å². The Hall–Kier alpha value is -2.56. The average molecular weight is 316 g/mol. The summed E-state index contributed by atoms with van der Waals surface area (Å²) in [6.07, 6.45) is 0. The third-order valence-corrected chi connectivity index (χ3v) is 4.22. The van der Waals surface area contributed by atoms with E-state index in [9.17, 15) is 15.1 Å². The zero-order valence-corrected chi connectivity index (χ0v) is 14.5. The van der Waals surface area contributed by atoms with Crippen LogP contribution in [0.1, 0.15) is 33.4 Å². The largest absolute Gasteiger partial charge is 0.507 e. The highest BCUT2D eigenvalue weighted by Crippen LogP contribution is 2.31. The molecule has 0 saturated carbocycles. The van der Waals surface area contributed by atoms with E-state index in [1.807, 2.05) is 20.8 Å². The molecule has 0 saturated heterocycles. The van der Waals surface area contributed by atoms with E-state index in [1.165, 1.54) is 0 Å². The van der Waals surface area contributed by atoms with Crippen molar-refractivity contribution in [1.82, 2.24) is 0 Å². The lowest BCUT2D eigenvalue weighted by Crippen LogP contribution is -1.94. The SMILES string of the molecule is Cc1cc(N)c(C)c(C)c1O.Cc1cc(N=O)c(C)c(C)c1O. The Bertz CT molecular complexity index is 727. The molecule has 0 spiro atoms. The zero-order valence-electron chi connectivity index (χ0n) is 14.5. The fourth-order valence-corrected chi connectivity index (χ4v) is 2.24. The minimum atomic E-state index is 0.250. The first-order valence-electron chi connectivity index (χ1n) is 7.30. The predicted octanol–water partition coefficient (Wildman–Crippen LogP) is 4.62. The van der Waals surface area contributed by atoms with Crippen LogP contribution in [-0.2, 0) is 0 Å². The lowest BCUT2D eigenvalue weighted by atomic mass is 10.0. The van der Waals surface area contributed by atoms with Crippen LogP contribution in [0.3, 0.4) is 0 Å². The van der Waals surface area contributed by atoms with E-state index in [-0.39, 0.29) is 5.75 Å². The molecule has 0 unspecified atom stereocenters. The molecular formula is C18H24N2O3. The first-order chi connectivity index (χ1) is 10.6. The Balaban J connectivity index is 0.000000231. The summed E-state index contributed by atoms with van der Waals surface area (Å²) >= 11 is 0. The molecule has 0 aliphatic rings. The van der Waals surface area contributed by atoms with Crippen LogP contribution in [0.5, 0.6) is 11.5 Å². The van der Waals surface area contributed by atoms with Crippen LogP contribution < -0.4 is 5.73 Å². The smallest absolute Gasteiger partial charge is 0.121 e. The molecule has 0 aliphatic heterocycles. The summed E-state index contributed by atoms with van der Waals surface area (Å²) in [6.45, 7) is 10.9. The first-order valence-corrected chi connectivity index (χ1v) is 7.30. The molecule has 2 aromatic rings. The number of benzene rings is 2. The number of phenols is 2. The maximum Gasteiger partial charge on any atom is 0.121 e. The zero-order chi connectivity index (χ0) is 17.9. The summed E-state index contributed by atoms with van der Waals surface area (Å²) in [6, 6.07) is 3.38. The van der Waals surface area contributed by atoms with Crippen LogP contribution >= 0.6 is 0 Å². The summed E-state index contributed by atoms with van der Waals surface area (Å²) in [5.41, 5.74) is 11.7. The van der Waals surface area contributed by atoms with Crippen molar-refractivity contribution in [3.63, 3.8) is 0 Å². The Morgan fingerprint density at radius 1 is 0.783 bits per heavy atom. The lowest BCUT2D eigenvalue weighted by molar-refractivity contribution is 0.466. The molecule has 0 heterocycles. The topological polar surface area (TPSA) is 95.9 Å². The van der Waals surface area contributed by atoms with Gasteiger partial charge in [-0.15, -0.1) is 4.91 Å². The molecule has 23 heavy (non-hydrogen) atoms. The normalized spacial score (nSPS) is 10.0. The molecule has 5 heteroatoms. The third kappa shape index (κ3) is 3.80. The van der Waals surface area contributed by atoms with Crippen molar-refractivity contribution in [2.24, 2.45) is 5.18 Å². The van der Waals surface area contributed by atoms with Gasteiger partial charge < -0.3 is 15.9 Å². The minimum Gasteiger partial charge on any atom is -0.507 e. The molecule has 0 aliphatic carbocycles. The average Bonchev–Trinajstić information content (AvgIpc) is 2.53. The predicted molar refractivity (Wildman–Crippen MR) is 94.5 cm³/mol. The number of hydrogen-bond acceptors (Lipinski definition) is 5. The van der Waals surface area contributed by atoms with Crippen molar-refractivity contribution in [3.8, 4) is 11.5 Å². The van der Waals surface area contributed by atoms with Crippen molar-refractivity contribution < 1.29 is 10.2 Å². The van der Waals surface area contributed by atoms with E-state index >= 15 is 0 Å². The van der Waals surface area contributed by atoms with Crippen molar-refractivity contribution in [1.29, 1.82) is 0 Å². The summed E-state index contributed by atoms with van der Waals surface area (Å²) in [5.74, 6) is 0.608. The molecule has 2 aromatic carbocycles. The summed E-state index contributed by atoms with van der Waals surface area (Å²) in [7, 11) is 0. The van der Waals surface area contributed by atoms with Gasteiger partial charge in [-0.2, -0.15) is 0 Å². The number of rotatable bonds is 1. The first kappa shape index (κ1) is 18.5. The van der Waals surface area contributed by atoms with E-state index < -0.39 is 0 Å². The molecule has 2 rings (SSSR count).